The molecule has 1 amide bonds. The van der Waals surface area contributed by atoms with Crippen molar-refractivity contribution in [2.45, 2.75) is 373 Å². The molecule has 0 heterocycles. The number of aliphatic hydroxyl groups is 2. The number of carbonyl (C=O) groups excluding carboxylic acids is 2. The van der Waals surface area contributed by atoms with E-state index < -0.39 is 12.1 Å². The summed E-state index contributed by atoms with van der Waals surface area (Å²) in [6, 6.07) is -0.546. The van der Waals surface area contributed by atoms with E-state index in [0.29, 0.717) is 25.9 Å². The van der Waals surface area contributed by atoms with Crippen LogP contribution in [0.2, 0.25) is 0 Å². The lowest BCUT2D eigenvalue weighted by Crippen LogP contribution is -2.45. The molecule has 0 aliphatic rings. The molecule has 0 fully saturated rings. The number of hydrogen-bond donors (Lipinski definition) is 3. The molecule has 0 aliphatic heterocycles. The van der Waals surface area contributed by atoms with E-state index in [1.54, 1.807) is 0 Å². The van der Waals surface area contributed by atoms with Gasteiger partial charge in [0.25, 0.3) is 0 Å². The lowest BCUT2D eigenvalue weighted by molar-refractivity contribution is -0.143. The van der Waals surface area contributed by atoms with Crippen molar-refractivity contribution in [1.82, 2.24) is 5.32 Å². The molecule has 3 N–H and O–H groups in total. The summed E-state index contributed by atoms with van der Waals surface area (Å²) in [4.78, 5) is 24.6. The minimum atomic E-state index is -0.668. The molecule has 0 aromatic rings. The first kappa shape index (κ1) is 68.6. The Morgan fingerprint density at radius 1 is 0.386 bits per heavy atom. The van der Waals surface area contributed by atoms with Crippen LogP contribution < -0.4 is 5.32 Å². The van der Waals surface area contributed by atoms with E-state index in [-0.39, 0.29) is 18.5 Å². The van der Waals surface area contributed by atoms with Crippen LogP contribution in [0, 0.1) is 0 Å². The maximum atomic E-state index is 12.5. The smallest absolute Gasteiger partial charge is 0.305 e. The minimum Gasteiger partial charge on any atom is -0.466 e. The van der Waals surface area contributed by atoms with Gasteiger partial charge in [0.05, 0.1) is 25.4 Å². The Morgan fingerprint density at radius 3 is 1.01 bits per heavy atom. The van der Waals surface area contributed by atoms with Gasteiger partial charge in [-0.05, 0) is 51.4 Å². The third-order valence-electron chi connectivity index (χ3n) is 15.1. The first-order chi connectivity index (χ1) is 34.5. The van der Waals surface area contributed by atoms with Crippen molar-refractivity contribution < 1.29 is 24.5 Å². The summed E-state index contributed by atoms with van der Waals surface area (Å²) < 4.78 is 5.50. The Bertz CT molecular complexity index is 1050. The summed E-state index contributed by atoms with van der Waals surface area (Å²) in [6.45, 7) is 4.97. The van der Waals surface area contributed by atoms with E-state index in [1.807, 2.05) is 0 Å². The molecular weight excluding hydrogens is 863 g/mol. The Labute approximate surface area is 438 Å². The first-order valence-electron chi connectivity index (χ1n) is 31.9. The number of ether oxygens (including phenoxy) is 1. The summed E-state index contributed by atoms with van der Waals surface area (Å²) in [5.74, 6) is -0.0273. The topological polar surface area (TPSA) is 95.9 Å². The average molecular weight is 989 g/mol. The maximum absolute atomic E-state index is 12.5. The third kappa shape index (κ3) is 55.9. The quantitative estimate of drug-likeness (QED) is 0.0321. The molecule has 0 spiro atoms. The number of carbonyl (C=O) groups is 2. The Morgan fingerprint density at radius 2 is 0.671 bits per heavy atom. The van der Waals surface area contributed by atoms with Crippen LogP contribution in [0.4, 0.5) is 0 Å². The molecule has 0 saturated heterocycles. The van der Waals surface area contributed by atoms with Gasteiger partial charge in [0.2, 0.25) is 5.91 Å². The van der Waals surface area contributed by atoms with Gasteiger partial charge >= 0.3 is 5.97 Å². The lowest BCUT2D eigenvalue weighted by atomic mass is 10.0. The van der Waals surface area contributed by atoms with Crippen molar-refractivity contribution in [2.75, 3.05) is 13.2 Å². The van der Waals surface area contributed by atoms with Gasteiger partial charge < -0.3 is 20.3 Å². The number of allylic oxidation sites excluding steroid dienone is 2. The maximum Gasteiger partial charge on any atom is 0.305 e. The molecule has 0 aliphatic carbocycles. The first-order valence-corrected chi connectivity index (χ1v) is 31.9. The molecule has 2 unspecified atom stereocenters. The van der Waals surface area contributed by atoms with E-state index >= 15 is 0 Å². The molecule has 6 heteroatoms. The normalized spacial score (nSPS) is 12.6. The summed E-state index contributed by atoms with van der Waals surface area (Å²) in [6.07, 6.45) is 72.3. The molecule has 0 bridgehead atoms. The second-order valence-electron chi connectivity index (χ2n) is 22.1. The number of aliphatic hydroxyl groups excluding tert-OH is 2. The predicted octanol–water partition coefficient (Wildman–Crippen LogP) is 20.0. The molecule has 0 aromatic carbocycles. The monoisotopic (exact) mass is 988 g/mol. The van der Waals surface area contributed by atoms with Gasteiger partial charge in [-0.25, -0.2) is 0 Å². The van der Waals surface area contributed by atoms with Crippen molar-refractivity contribution in [3.63, 3.8) is 0 Å². The fraction of sp³-hybridized carbons (Fsp3) is 0.938. The van der Waals surface area contributed by atoms with Crippen LogP contribution in [0.1, 0.15) is 361 Å². The van der Waals surface area contributed by atoms with Gasteiger partial charge in [-0.3, -0.25) is 9.59 Å². The standard InChI is InChI=1S/C64H125NO5/c1-3-5-7-9-11-13-15-17-18-19-23-27-30-34-38-42-46-50-54-58-64(69)70-59-55-51-47-43-39-35-31-28-25-22-20-21-24-26-29-33-37-41-45-49-53-57-63(68)65-61(60-66)62(67)56-52-48-44-40-36-32-16-14-12-10-8-6-4-2/h21,24,61-62,66-67H,3-20,22-23,25-60H2,1-2H3,(H,65,68)/b24-21-. The summed E-state index contributed by atoms with van der Waals surface area (Å²) >= 11 is 0. The highest BCUT2D eigenvalue weighted by atomic mass is 16.5. The van der Waals surface area contributed by atoms with Crippen LogP contribution in [-0.4, -0.2) is 47.4 Å². The van der Waals surface area contributed by atoms with Gasteiger partial charge in [-0.1, -0.05) is 309 Å². The highest BCUT2D eigenvalue weighted by Crippen LogP contribution is 2.18. The molecule has 0 saturated carbocycles. The van der Waals surface area contributed by atoms with E-state index in [0.717, 1.165) is 38.5 Å². The molecule has 416 valence electrons. The van der Waals surface area contributed by atoms with Gasteiger partial charge in [0.15, 0.2) is 0 Å². The summed E-state index contributed by atoms with van der Waals surface area (Å²) in [5.41, 5.74) is 0. The van der Waals surface area contributed by atoms with Crippen LogP contribution in [0.15, 0.2) is 12.2 Å². The summed E-state index contributed by atoms with van der Waals surface area (Å²) in [7, 11) is 0. The number of hydrogen-bond acceptors (Lipinski definition) is 5. The van der Waals surface area contributed by atoms with Crippen molar-refractivity contribution in [1.29, 1.82) is 0 Å². The zero-order valence-electron chi connectivity index (χ0n) is 47.5. The van der Waals surface area contributed by atoms with Gasteiger partial charge in [-0.15, -0.1) is 0 Å². The van der Waals surface area contributed by atoms with E-state index in [2.05, 4.69) is 31.3 Å². The van der Waals surface area contributed by atoms with Crippen LogP contribution in [0.25, 0.3) is 0 Å². The van der Waals surface area contributed by atoms with Crippen LogP contribution >= 0.6 is 0 Å². The van der Waals surface area contributed by atoms with Gasteiger partial charge in [0, 0.05) is 12.8 Å². The minimum absolute atomic E-state index is 0.0137. The highest BCUT2D eigenvalue weighted by Gasteiger charge is 2.20. The zero-order valence-corrected chi connectivity index (χ0v) is 47.5. The van der Waals surface area contributed by atoms with Crippen LogP contribution in [0.5, 0.6) is 0 Å². The van der Waals surface area contributed by atoms with E-state index in [1.165, 1.54) is 289 Å². The van der Waals surface area contributed by atoms with Gasteiger partial charge in [0.1, 0.15) is 0 Å². The number of esters is 1. The fourth-order valence-corrected chi connectivity index (χ4v) is 10.2. The fourth-order valence-electron chi connectivity index (χ4n) is 10.2. The lowest BCUT2D eigenvalue weighted by Gasteiger charge is -2.22. The molecular formula is C64H125NO5. The Hall–Kier alpha value is -1.40. The molecule has 2 atom stereocenters. The molecule has 6 nitrogen and oxygen atoms in total. The SMILES string of the molecule is CCCCCCCCCCCCCCCCCCCCCC(=O)OCCCCCCCCCCCC/C=C\CCCCCCCCCC(=O)NC(CO)C(O)CCCCCCCCCCCCCCC. The zero-order chi connectivity index (χ0) is 50.7. The van der Waals surface area contributed by atoms with Gasteiger partial charge in [-0.2, -0.15) is 0 Å². The molecule has 0 radical (unpaired) electrons. The van der Waals surface area contributed by atoms with Crippen molar-refractivity contribution in [2.24, 2.45) is 0 Å². The molecule has 0 rings (SSSR count). The van der Waals surface area contributed by atoms with Crippen molar-refractivity contribution >= 4 is 11.9 Å². The van der Waals surface area contributed by atoms with Crippen molar-refractivity contribution in [3.8, 4) is 0 Å². The number of amides is 1. The Kier molecular flexibility index (Phi) is 59.0. The average Bonchev–Trinajstić information content (AvgIpc) is 3.36. The molecule has 70 heavy (non-hydrogen) atoms. The predicted molar refractivity (Wildman–Crippen MR) is 306 cm³/mol. The van der Waals surface area contributed by atoms with E-state index in [9.17, 15) is 19.8 Å². The number of rotatable bonds is 60. The second kappa shape index (κ2) is 60.2. The summed E-state index contributed by atoms with van der Waals surface area (Å²) in [5, 5.41) is 23.2. The number of nitrogens with one attached hydrogen (secondary N) is 1. The highest BCUT2D eigenvalue weighted by molar-refractivity contribution is 5.76. The number of unbranched alkanes of at least 4 members (excludes halogenated alkanes) is 47. The largest absolute Gasteiger partial charge is 0.466 e. The molecule has 0 aromatic heterocycles. The van der Waals surface area contributed by atoms with Crippen LogP contribution in [-0.2, 0) is 14.3 Å². The van der Waals surface area contributed by atoms with Crippen molar-refractivity contribution in [3.05, 3.63) is 12.2 Å². The second-order valence-corrected chi connectivity index (χ2v) is 22.1. The third-order valence-corrected chi connectivity index (χ3v) is 15.1. The van der Waals surface area contributed by atoms with E-state index in [4.69, 9.17) is 4.74 Å². The Balaban J connectivity index is 3.38. The van der Waals surface area contributed by atoms with Crippen LogP contribution in [0.3, 0.4) is 0 Å².